The second-order valence-electron chi connectivity index (χ2n) is 7.21. The molecule has 2 aliphatic rings. The van der Waals surface area contributed by atoms with Crippen LogP contribution in [0.3, 0.4) is 0 Å². The standard InChI is InChI=1S/C17H24N4O2S.C2HF3O2/c1-5-19-21(7-1)8-2-10-22-15-4-3-14-17(15)23-11-9-20(14)13-16-18-6-12-24-16;3-2(4,5)1(6)7/h1,5-7,12,14-15,17H,2-4,8-11,13H2;(H,6,7)/t14-,15+,17+;/m0./s1. The smallest absolute Gasteiger partial charge is 0.475 e. The molecule has 0 bridgehead atoms. The molecule has 0 unspecified atom stereocenters. The molecule has 31 heavy (non-hydrogen) atoms. The molecule has 1 N–H and O–H groups in total. The van der Waals surface area contributed by atoms with Gasteiger partial charge in [0.15, 0.2) is 0 Å². The van der Waals surface area contributed by atoms with E-state index in [9.17, 15) is 13.2 Å². The maximum Gasteiger partial charge on any atom is 0.490 e. The van der Waals surface area contributed by atoms with Crippen LogP contribution in [0.5, 0.6) is 0 Å². The highest BCUT2D eigenvalue weighted by atomic mass is 32.1. The Hall–Kier alpha value is -2.02. The van der Waals surface area contributed by atoms with E-state index in [2.05, 4.69) is 15.0 Å². The van der Waals surface area contributed by atoms with Crippen molar-refractivity contribution in [3.05, 3.63) is 35.0 Å². The molecule has 2 aromatic heterocycles. The first kappa shape index (κ1) is 23.6. The predicted molar refractivity (Wildman–Crippen MR) is 106 cm³/mol. The second kappa shape index (κ2) is 11.0. The fourth-order valence-electron chi connectivity index (χ4n) is 3.77. The molecule has 0 aromatic carbocycles. The van der Waals surface area contributed by atoms with E-state index in [0.29, 0.717) is 6.04 Å². The number of carbonyl (C=O) groups is 1. The molecular weight excluding hydrogens is 437 g/mol. The Balaban J connectivity index is 0.000000339. The predicted octanol–water partition coefficient (Wildman–Crippen LogP) is 2.81. The Labute approximate surface area is 181 Å². The number of carboxylic acid groups (broad SMARTS) is 1. The third kappa shape index (κ3) is 6.99. The van der Waals surface area contributed by atoms with Gasteiger partial charge in [0.1, 0.15) is 5.01 Å². The van der Waals surface area contributed by atoms with Crippen LogP contribution in [-0.4, -0.2) is 74.9 Å². The first-order valence-electron chi connectivity index (χ1n) is 9.98. The lowest BCUT2D eigenvalue weighted by Gasteiger charge is -2.38. The number of aryl methyl sites for hydroxylation is 1. The summed E-state index contributed by atoms with van der Waals surface area (Å²) in [7, 11) is 0. The van der Waals surface area contributed by atoms with Crippen molar-refractivity contribution in [3.63, 3.8) is 0 Å². The number of fused-ring (bicyclic) bond motifs is 1. The van der Waals surface area contributed by atoms with Crippen molar-refractivity contribution in [2.45, 2.75) is 56.8 Å². The second-order valence-corrected chi connectivity index (χ2v) is 8.19. The Kier molecular flexibility index (Phi) is 8.41. The van der Waals surface area contributed by atoms with Crippen molar-refractivity contribution in [1.82, 2.24) is 19.7 Å². The molecule has 1 aliphatic carbocycles. The fraction of sp³-hybridized carbons (Fsp3) is 0.632. The number of alkyl halides is 3. The summed E-state index contributed by atoms with van der Waals surface area (Å²) in [4.78, 5) is 15.8. The summed E-state index contributed by atoms with van der Waals surface area (Å²) in [5, 5.41) is 14.6. The number of aromatic nitrogens is 3. The monoisotopic (exact) mass is 462 g/mol. The van der Waals surface area contributed by atoms with Gasteiger partial charge in [0, 0.05) is 49.7 Å². The summed E-state index contributed by atoms with van der Waals surface area (Å²) in [5.74, 6) is -2.76. The Morgan fingerprint density at radius 2 is 2.16 bits per heavy atom. The molecule has 172 valence electrons. The van der Waals surface area contributed by atoms with Crippen molar-refractivity contribution >= 4 is 17.3 Å². The number of morpholine rings is 1. The number of aliphatic carboxylic acids is 1. The van der Waals surface area contributed by atoms with Crippen molar-refractivity contribution in [2.24, 2.45) is 0 Å². The van der Waals surface area contributed by atoms with Gasteiger partial charge in [-0.2, -0.15) is 18.3 Å². The third-order valence-electron chi connectivity index (χ3n) is 5.14. The number of carboxylic acids is 1. The van der Waals surface area contributed by atoms with Gasteiger partial charge in [-0.25, -0.2) is 9.78 Å². The van der Waals surface area contributed by atoms with Crippen molar-refractivity contribution in [3.8, 4) is 0 Å². The molecule has 1 saturated carbocycles. The number of hydrogen-bond acceptors (Lipinski definition) is 7. The minimum Gasteiger partial charge on any atom is -0.475 e. The summed E-state index contributed by atoms with van der Waals surface area (Å²) in [6.07, 6.45) is 4.28. The zero-order valence-corrected chi connectivity index (χ0v) is 17.6. The summed E-state index contributed by atoms with van der Waals surface area (Å²) < 4.78 is 45.9. The zero-order valence-electron chi connectivity index (χ0n) is 16.8. The van der Waals surface area contributed by atoms with Crippen molar-refractivity contribution in [2.75, 3.05) is 19.8 Å². The van der Waals surface area contributed by atoms with Gasteiger partial charge in [-0.3, -0.25) is 9.58 Å². The van der Waals surface area contributed by atoms with Gasteiger partial charge >= 0.3 is 12.1 Å². The van der Waals surface area contributed by atoms with E-state index in [-0.39, 0.29) is 12.2 Å². The van der Waals surface area contributed by atoms with E-state index in [1.165, 1.54) is 5.01 Å². The van der Waals surface area contributed by atoms with Crippen LogP contribution in [-0.2, 0) is 27.4 Å². The summed E-state index contributed by atoms with van der Waals surface area (Å²) in [5.41, 5.74) is 0. The molecule has 0 radical (unpaired) electrons. The number of halogens is 3. The average Bonchev–Trinajstić information content (AvgIpc) is 3.48. The largest absolute Gasteiger partial charge is 0.490 e. The fourth-order valence-corrected chi connectivity index (χ4v) is 4.41. The third-order valence-corrected chi connectivity index (χ3v) is 5.90. The van der Waals surface area contributed by atoms with E-state index in [1.807, 2.05) is 34.7 Å². The topological polar surface area (TPSA) is 89.7 Å². The molecule has 4 rings (SSSR count). The number of rotatable bonds is 7. The van der Waals surface area contributed by atoms with Crippen LogP contribution in [0.15, 0.2) is 30.0 Å². The number of ether oxygens (including phenoxy) is 2. The Morgan fingerprint density at radius 3 is 2.81 bits per heavy atom. The van der Waals surface area contributed by atoms with Gasteiger partial charge in [0.25, 0.3) is 0 Å². The van der Waals surface area contributed by atoms with Crippen LogP contribution >= 0.6 is 11.3 Å². The summed E-state index contributed by atoms with van der Waals surface area (Å²) in [6, 6.07) is 2.42. The molecule has 0 amide bonds. The molecule has 2 aromatic rings. The highest BCUT2D eigenvalue weighted by molar-refractivity contribution is 7.09. The maximum atomic E-state index is 10.6. The van der Waals surface area contributed by atoms with Crippen LogP contribution in [0, 0.1) is 0 Å². The van der Waals surface area contributed by atoms with Crippen molar-refractivity contribution < 1.29 is 32.5 Å². The van der Waals surface area contributed by atoms with Crippen LogP contribution in [0.1, 0.15) is 24.3 Å². The molecule has 8 nitrogen and oxygen atoms in total. The van der Waals surface area contributed by atoms with Gasteiger partial charge in [-0.1, -0.05) is 0 Å². The van der Waals surface area contributed by atoms with Crippen LogP contribution in [0.4, 0.5) is 13.2 Å². The first-order chi connectivity index (χ1) is 14.8. The Morgan fingerprint density at radius 1 is 1.35 bits per heavy atom. The lowest BCUT2D eigenvalue weighted by Crippen LogP contribution is -2.51. The highest BCUT2D eigenvalue weighted by Gasteiger charge is 2.43. The minimum absolute atomic E-state index is 0.211. The van der Waals surface area contributed by atoms with Crippen LogP contribution in [0.25, 0.3) is 0 Å². The normalized spacial score (nSPS) is 23.8. The van der Waals surface area contributed by atoms with E-state index in [0.717, 1.165) is 52.1 Å². The van der Waals surface area contributed by atoms with Gasteiger partial charge in [-0.15, -0.1) is 11.3 Å². The highest BCUT2D eigenvalue weighted by Crippen LogP contribution is 2.33. The van der Waals surface area contributed by atoms with Crippen LogP contribution < -0.4 is 0 Å². The first-order valence-corrected chi connectivity index (χ1v) is 10.9. The molecule has 1 saturated heterocycles. The molecule has 2 fully saturated rings. The molecule has 0 spiro atoms. The van der Waals surface area contributed by atoms with Gasteiger partial charge in [0.05, 0.1) is 25.4 Å². The van der Waals surface area contributed by atoms with E-state index in [4.69, 9.17) is 19.4 Å². The molecular formula is C19H25F3N4O4S. The molecule has 1 aliphatic heterocycles. The zero-order chi connectivity index (χ0) is 22.3. The quantitative estimate of drug-likeness (QED) is 0.633. The lowest BCUT2D eigenvalue weighted by molar-refractivity contribution is -0.192. The minimum atomic E-state index is -5.08. The number of thiazole rings is 1. The SMILES string of the molecule is O=C(O)C(F)(F)F.c1cnn(CCCO[C@@H]2CC[C@H]3[C@H]2OCCN3Cc2nccs2)c1. The molecule has 3 heterocycles. The maximum absolute atomic E-state index is 10.6. The van der Waals surface area contributed by atoms with Crippen molar-refractivity contribution in [1.29, 1.82) is 0 Å². The van der Waals surface area contributed by atoms with E-state index >= 15 is 0 Å². The summed E-state index contributed by atoms with van der Waals surface area (Å²) in [6.45, 7) is 4.40. The van der Waals surface area contributed by atoms with Gasteiger partial charge in [0.2, 0.25) is 0 Å². The summed E-state index contributed by atoms with van der Waals surface area (Å²) >= 11 is 1.73. The van der Waals surface area contributed by atoms with E-state index in [1.54, 1.807) is 11.3 Å². The molecule has 3 atom stereocenters. The molecule has 12 heteroatoms. The van der Waals surface area contributed by atoms with Gasteiger partial charge in [-0.05, 0) is 25.3 Å². The average molecular weight is 462 g/mol. The Bertz CT molecular complexity index is 789. The lowest BCUT2D eigenvalue weighted by atomic mass is 10.1. The van der Waals surface area contributed by atoms with Crippen LogP contribution in [0.2, 0.25) is 0 Å². The van der Waals surface area contributed by atoms with E-state index < -0.39 is 12.1 Å². The number of hydrogen-bond donors (Lipinski definition) is 1. The number of nitrogens with zero attached hydrogens (tertiary/aromatic N) is 4. The van der Waals surface area contributed by atoms with Gasteiger partial charge < -0.3 is 14.6 Å².